The van der Waals surface area contributed by atoms with Crippen molar-refractivity contribution < 1.29 is 4.79 Å². The summed E-state index contributed by atoms with van der Waals surface area (Å²) in [5.74, 6) is 2.19. The molecule has 0 N–H and O–H groups in total. The molecule has 1 nitrogen and oxygen atoms in total. The predicted octanol–water partition coefficient (Wildman–Crippen LogP) is 2.01. The van der Waals surface area contributed by atoms with Crippen LogP contribution in [0, 0.1) is 17.8 Å². The second kappa shape index (κ2) is 2.37. The third-order valence-electron chi connectivity index (χ3n) is 3.07. The minimum Gasteiger partial charge on any atom is -0.303 e. The minimum absolute atomic E-state index is 0.461. The summed E-state index contributed by atoms with van der Waals surface area (Å²) in [6.07, 6.45) is 7.97. The number of carbonyl (C=O) groups excluding carboxylic acids is 1. The molecular formula is C9H14O. The van der Waals surface area contributed by atoms with Gasteiger partial charge in [0.25, 0.3) is 0 Å². The van der Waals surface area contributed by atoms with Gasteiger partial charge in [-0.15, -0.1) is 0 Å². The summed E-state index contributed by atoms with van der Waals surface area (Å²) in [4.78, 5) is 10.3. The SMILES string of the molecule is O=C[C@H]1C[C@H]1C1CCCC1. The average Bonchev–Trinajstić information content (AvgIpc) is 2.56. The molecule has 0 aromatic carbocycles. The molecule has 0 aromatic heterocycles. The van der Waals surface area contributed by atoms with E-state index in [1.165, 1.54) is 32.1 Å². The Balaban J connectivity index is 1.84. The van der Waals surface area contributed by atoms with E-state index in [9.17, 15) is 4.79 Å². The lowest BCUT2D eigenvalue weighted by atomic mass is 10.0. The van der Waals surface area contributed by atoms with Crippen molar-refractivity contribution in [1.29, 1.82) is 0 Å². The molecule has 2 aliphatic carbocycles. The van der Waals surface area contributed by atoms with Crippen LogP contribution in [0.5, 0.6) is 0 Å². The number of hydrogen-bond acceptors (Lipinski definition) is 1. The Labute approximate surface area is 61.8 Å². The Morgan fingerprint density at radius 2 is 1.90 bits per heavy atom. The van der Waals surface area contributed by atoms with Gasteiger partial charge in [-0.3, -0.25) is 0 Å². The van der Waals surface area contributed by atoms with Gasteiger partial charge < -0.3 is 4.79 Å². The third-order valence-corrected chi connectivity index (χ3v) is 3.07. The van der Waals surface area contributed by atoms with Gasteiger partial charge in [0.15, 0.2) is 0 Å². The van der Waals surface area contributed by atoms with Gasteiger partial charge in [-0.25, -0.2) is 0 Å². The molecular weight excluding hydrogens is 124 g/mol. The van der Waals surface area contributed by atoms with Crippen molar-refractivity contribution in [3.8, 4) is 0 Å². The summed E-state index contributed by atoms with van der Waals surface area (Å²) in [7, 11) is 0. The Morgan fingerprint density at radius 3 is 2.40 bits per heavy atom. The van der Waals surface area contributed by atoms with Crippen LogP contribution in [0.25, 0.3) is 0 Å². The van der Waals surface area contributed by atoms with E-state index < -0.39 is 0 Å². The lowest BCUT2D eigenvalue weighted by Crippen LogP contribution is -1.98. The van der Waals surface area contributed by atoms with E-state index >= 15 is 0 Å². The second-order valence-corrected chi connectivity index (χ2v) is 3.74. The van der Waals surface area contributed by atoms with Crippen molar-refractivity contribution >= 4 is 6.29 Å². The first kappa shape index (κ1) is 6.38. The van der Waals surface area contributed by atoms with Gasteiger partial charge in [-0.2, -0.15) is 0 Å². The van der Waals surface area contributed by atoms with Crippen molar-refractivity contribution in [2.45, 2.75) is 32.1 Å². The zero-order valence-electron chi connectivity index (χ0n) is 6.25. The minimum atomic E-state index is 0.461. The summed E-state index contributed by atoms with van der Waals surface area (Å²) in [5.41, 5.74) is 0. The number of rotatable bonds is 2. The van der Waals surface area contributed by atoms with Crippen LogP contribution >= 0.6 is 0 Å². The molecule has 2 rings (SSSR count). The Hall–Kier alpha value is -0.330. The maximum absolute atomic E-state index is 10.3. The smallest absolute Gasteiger partial charge is 0.123 e. The van der Waals surface area contributed by atoms with Crippen molar-refractivity contribution in [3.05, 3.63) is 0 Å². The highest BCUT2D eigenvalue weighted by Crippen LogP contribution is 2.48. The van der Waals surface area contributed by atoms with E-state index in [4.69, 9.17) is 0 Å². The van der Waals surface area contributed by atoms with E-state index in [-0.39, 0.29) is 0 Å². The maximum atomic E-state index is 10.3. The fraction of sp³-hybridized carbons (Fsp3) is 0.889. The Kier molecular flexibility index (Phi) is 1.51. The average molecular weight is 138 g/mol. The zero-order valence-corrected chi connectivity index (χ0v) is 6.25. The monoisotopic (exact) mass is 138 g/mol. The molecule has 2 fully saturated rings. The molecule has 0 aliphatic heterocycles. The van der Waals surface area contributed by atoms with Crippen molar-refractivity contribution in [2.24, 2.45) is 17.8 Å². The van der Waals surface area contributed by atoms with E-state index in [2.05, 4.69) is 0 Å². The van der Waals surface area contributed by atoms with Crippen LogP contribution in [0.3, 0.4) is 0 Å². The Bertz CT molecular complexity index is 136. The molecule has 0 bridgehead atoms. The quantitative estimate of drug-likeness (QED) is 0.533. The topological polar surface area (TPSA) is 17.1 Å². The zero-order chi connectivity index (χ0) is 6.97. The first-order chi connectivity index (χ1) is 4.92. The standard InChI is InChI=1S/C9H14O/c10-6-8-5-9(8)7-3-1-2-4-7/h6-9H,1-5H2/t8-,9+/m1/s1. The summed E-state index contributed by atoms with van der Waals surface area (Å²) in [6.45, 7) is 0. The first-order valence-corrected chi connectivity index (χ1v) is 4.37. The lowest BCUT2D eigenvalue weighted by Gasteiger charge is -2.04. The van der Waals surface area contributed by atoms with E-state index in [1.54, 1.807) is 0 Å². The van der Waals surface area contributed by atoms with Gasteiger partial charge in [0.1, 0.15) is 6.29 Å². The largest absolute Gasteiger partial charge is 0.303 e. The molecule has 0 amide bonds. The molecule has 1 heteroatoms. The van der Waals surface area contributed by atoms with Crippen LogP contribution in [0.4, 0.5) is 0 Å². The number of aldehydes is 1. The van der Waals surface area contributed by atoms with Gasteiger partial charge >= 0.3 is 0 Å². The van der Waals surface area contributed by atoms with Gasteiger partial charge in [-0.05, 0) is 18.3 Å². The van der Waals surface area contributed by atoms with Crippen LogP contribution < -0.4 is 0 Å². The summed E-state index contributed by atoms with van der Waals surface area (Å²) in [6, 6.07) is 0. The second-order valence-electron chi connectivity index (χ2n) is 3.74. The third kappa shape index (κ3) is 0.979. The molecule has 0 radical (unpaired) electrons. The van der Waals surface area contributed by atoms with Crippen LogP contribution in [-0.2, 0) is 4.79 Å². The Morgan fingerprint density at radius 1 is 1.20 bits per heavy atom. The van der Waals surface area contributed by atoms with E-state index in [1.807, 2.05) is 0 Å². The van der Waals surface area contributed by atoms with Crippen LogP contribution in [0.2, 0.25) is 0 Å². The van der Waals surface area contributed by atoms with Gasteiger partial charge in [0, 0.05) is 5.92 Å². The van der Waals surface area contributed by atoms with Crippen LogP contribution in [-0.4, -0.2) is 6.29 Å². The molecule has 2 aliphatic rings. The highest BCUT2D eigenvalue weighted by Gasteiger charge is 2.43. The molecule has 0 aromatic rings. The highest BCUT2D eigenvalue weighted by molar-refractivity contribution is 5.58. The van der Waals surface area contributed by atoms with Crippen molar-refractivity contribution in [1.82, 2.24) is 0 Å². The number of hydrogen-bond donors (Lipinski definition) is 0. The fourth-order valence-electron chi connectivity index (χ4n) is 2.32. The summed E-state index contributed by atoms with van der Waals surface area (Å²) < 4.78 is 0. The molecule has 0 saturated heterocycles. The normalized spacial score (nSPS) is 40.0. The van der Waals surface area contributed by atoms with E-state index in [0.29, 0.717) is 5.92 Å². The number of carbonyl (C=O) groups is 1. The van der Waals surface area contributed by atoms with Gasteiger partial charge in [-0.1, -0.05) is 25.7 Å². The fourth-order valence-corrected chi connectivity index (χ4v) is 2.32. The lowest BCUT2D eigenvalue weighted by molar-refractivity contribution is -0.109. The van der Waals surface area contributed by atoms with Gasteiger partial charge in [0.05, 0.1) is 0 Å². The maximum Gasteiger partial charge on any atom is 0.123 e. The van der Waals surface area contributed by atoms with Gasteiger partial charge in [0.2, 0.25) is 0 Å². The molecule has 0 spiro atoms. The highest BCUT2D eigenvalue weighted by atomic mass is 16.1. The summed E-state index contributed by atoms with van der Waals surface area (Å²) >= 11 is 0. The molecule has 2 saturated carbocycles. The molecule has 10 heavy (non-hydrogen) atoms. The van der Waals surface area contributed by atoms with Crippen molar-refractivity contribution in [2.75, 3.05) is 0 Å². The van der Waals surface area contributed by atoms with E-state index in [0.717, 1.165) is 18.1 Å². The molecule has 56 valence electrons. The molecule has 0 heterocycles. The van der Waals surface area contributed by atoms with Crippen LogP contribution in [0.1, 0.15) is 32.1 Å². The summed E-state index contributed by atoms with van der Waals surface area (Å²) in [5, 5.41) is 0. The van der Waals surface area contributed by atoms with Crippen molar-refractivity contribution in [3.63, 3.8) is 0 Å². The predicted molar refractivity (Wildman–Crippen MR) is 39.6 cm³/mol. The molecule has 2 atom stereocenters. The molecule has 0 unspecified atom stereocenters. The first-order valence-electron chi connectivity index (χ1n) is 4.37. The van der Waals surface area contributed by atoms with Crippen LogP contribution in [0.15, 0.2) is 0 Å².